The summed E-state index contributed by atoms with van der Waals surface area (Å²) in [5, 5.41) is 3.40. The Balaban J connectivity index is 1.69. The first-order valence-electron chi connectivity index (χ1n) is 7.24. The third-order valence-corrected chi connectivity index (χ3v) is 3.90. The molecule has 0 bridgehead atoms. The SMILES string of the molecule is CNC(CN1CCCOCC1)c1ccc2c(c1)OCO2. The largest absolute Gasteiger partial charge is 0.454 e. The average Bonchev–Trinajstić information content (AvgIpc) is 2.79. The maximum atomic E-state index is 5.51. The molecule has 0 amide bonds. The average molecular weight is 278 g/mol. The molecule has 1 unspecified atom stereocenters. The van der Waals surface area contributed by atoms with Crippen molar-refractivity contribution in [1.29, 1.82) is 0 Å². The van der Waals surface area contributed by atoms with Crippen molar-refractivity contribution in [2.45, 2.75) is 12.5 Å². The van der Waals surface area contributed by atoms with E-state index in [4.69, 9.17) is 14.2 Å². The molecule has 1 saturated heterocycles. The molecule has 20 heavy (non-hydrogen) atoms. The summed E-state index contributed by atoms with van der Waals surface area (Å²) < 4.78 is 16.3. The van der Waals surface area contributed by atoms with Gasteiger partial charge in [0.15, 0.2) is 11.5 Å². The Kier molecular flexibility index (Phi) is 4.40. The van der Waals surface area contributed by atoms with Crippen LogP contribution in [0.2, 0.25) is 0 Å². The molecule has 1 N–H and O–H groups in total. The smallest absolute Gasteiger partial charge is 0.231 e. The van der Waals surface area contributed by atoms with Crippen molar-refractivity contribution in [3.63, 3.8) is 0 Å². The highest BCUT2D eigenvalue weighted by atomic mass is 16.7. The summed E-state index contributed by atoms with van der Waals surface area (Å²) in [4.78, 5) is 2.46. The van der Waals surface area contributed by atoms with Gasteiger partial charge in [0, 0.05) is 32.3 Å². The summed E-state index contributed by atoms with van der Waals surface area (Å²) in [5.74, 6) is 1.69. The standard InChI is InChI=1S/C15H22N2O3/c1-16-13(10-17-5-2-7-18-8-6-17)12-3-4-14-15(9-12)20-11-19-14/h3-4,9,13,16H,2,5-8,10-11H2,1H3. The van der Waals surface area contributed by atoms with Gasteiger partial charge in [-0.25, -0.2) is 0 Å². The van der Waals surface area contributed by atoms with Crippen LogP contribution in [0.1, 0.15) is 18.0 Å². The molecular formula is C15H22N2O3. The summed E-state index contributed by atoms with van der Waals surface area (Å²) in [6.45, 7) is 5.12. The number of hydrogen-bond donors (Lipinski definition) is 1. The van der Waals surface area contributed by atoms with Crippen LogP contribution in [0.15, 0.2) is 18.2 Å². The van der Waals surface area contributed by atoms with E-state index >= 15 is 0 Å². The van der Waals surface area contributed by atoms with Crippen molar-refractivity contribution in [3.05, 3.63) is 23.8 Å². The minimum Gasteiger partial charge on any atom is -0.454 e. The number of fused-ring (bicyclic) bond motifs is 1. The predicted octanol–water partition coefficient (Wildman–Crippen LogP) is 1.40. The van der Waals surface area contributed by atoms with E-state index < -0.39 is 0 Å². The van der Waals surface area contributed by atoms with Crippen molar-refractivity contribution in [2.24, 2.45) is 0 Å². The van der Waals surface area contributed by atoms with Crippen molar-refractivity contribution < 1.29 is 14.2 Å². The molecule has 5 heteroatoms. The minimum atomic E-state index is 0.294. The normalized spacial score (nSPS) is 20.6. The number of hydrogen-bond acceptors (Lipinski definition) is 5. The van der Waals surface area contributed by atoms with Crippen LogP contribution in [0.25, 0.3) is 0 Å². The zero-order valence-electron chi connectivity index (χ0n) is 11.9. The van der Waals surface area contributed by atoms with Crippen molar-refractivity contribution in [2.75, 3.05) is 46.7 Å². The Morgan fingerprint density at radius 1 is 1.20 bits per heavy atom. The molecule has 0 saturated carbocycles. The van der Waals surface area contributed by atoms with Gasteiger partial charge in [-0.2, -0.15) is 0 Å². The van der Waals surface area contributed by atoms with Gasteiger partial charge in [0.1, 0.15) is 0 Å². The second-order valence-electron chi connectivity index (χ2n) is 5.22. The Labute approximate surface area is 119 Å². The molecule has 0 spiro atoms. The Morgan fingerprint density at radius 3 is 3.00 bits per heavy atom. The second kappa shape index (κ2) is 6.43. The number of nitrogens with zero attached hydrogens (tertiary/aromatic N) is 1. The summed E-state index contributed by atoms with van der Waals surface area (Å²) in [5.41, 5.74) is 1.24. The zero-order chi connectivity index (χ0) is 13.8. The van der Waals surface area contributed by atoms with Gasteiger partial charge < -0.3 is 19.5 Å². The van der Waals surface area contributed by atoms with E-state index in [0.717, 1.165) is 50.8 Å². The van der Waals surface area contributed by atoms with Gasteiger partial charge in [-0.05, 0) is 31.2 Å². The fourth-order valence-corrected chi connectivity index (χ4v) is 2.73. The lowest BCUT2D eigenvalue weighted by Gasteiger charge is -2.26. The summed E-state index contributed by atoms with van der Waals surface area (Å²) in [6.07, 6.45) is 1.11. The fraction of sp³-hybridized carbons (Fsp3) is 0.600. The van der Waals surface area contributed by atoms with Crippen LogP contribution in [-0.2, 0) is 4.74 Å². The van der Waals surface area contributed by atoms with Gasteiger partial charge in [-0.1, -0.05) is 6.07 Å². The third-order valence-electron chi connectivity index (χ3n) is 3.90. The maximum Gasteiger partial charge on any atom is 0.231 e. The number of likely N-dealkylation sites (N-methyl/N-ethyl adjacent to an activating group) is 1. The fourth-order valence-electron chi connectivity index (χ4n) is 2.73. The highest BCUT2D eigenvalue weighted by Gasteiger charge is 2.19. The van der Waals surface area contributed by atoms with Crippen LogP contribution in [0.4, 0.5) is 0 Å². The van der Waals surface area contributed by atoms with Gasteiger partial charge >= 0.3 is 0 Å². The predicted molar refractivity (Wildman–Crippen MR) is 76.2 cm³/mol. The molecule has 3 rings (SSSR count). The maximum absolute atomic E-state index is 5.51. The Morgan fingerprint density at radius 2 is 2.10 bits per heavy atom. The van der Waals surface area contributed by atoms with Gasteiger partial charge in [-0.15, -0.1) is 0 Å². The van der Waals surface area contributed by atoms with E-state index in [-0.39, 0.29) is 0 Å². The zero-order valence-corrected chi connectivity index (χ0v) is 11.9. The van der Waals surface area contributed by atoms with Crippen LogP contribution in [-0.4, -0.2) is 51.6 Å². The first-order chi connectivity index (χ1) is 9.86. The van der Waals surface area contributed by atoms with Crippen LogP contribution in [0, 0.1) is 0 Å². The Hall–Kier alpha value is -1.30. The molecule has 0 aromatic heterocycles. The first kappa shape index (κ1) is 13.7. The van der Waals surface area contributed by atoms with E-state index in [2.05, 4.69) is 22.3 Å². The number of nitrogens with one attached hydrogen (secondary N) is 1. The number of benzene rings is 1. The monoisotopic (exact) mass is 278 g/mol. The molecule has 0 radical (unpaired) electrons. The van der Waals surface area contributed by atoms with Crippen molar-refractivity contribution >= 4 is 0 Å². The van der Waals surface area contributed by atoms with Crippen LogP contribution >= 0.6 is 0 Å². The molecule has 1 aromatic rings. The quantitative estimate of drug-likeness (QED) is 0.902. The second-order valence-corrected chi connectivity index (χ2v) is 5.22. The Bertz CT molecular complexity index is 445. The van der Waals surface area contributed by atoms with Crippen LogP contribution < -0.4 is 14.8 Å². The molecule has 2 aliphatic heterocycles. The number of ether oxygens (including phenoxy) is 3. The van der Waals surface area contributed by atoms with E-state index in [1.807, 2.05) is 13.1 Å². The molecule has 0 aliphatic carbocycles. The first-order valence-corrected chi connectivity index (χ1v) is 7.24. The van der Waals surface area contributed by atoms with Gasteiger partial charge in [0.2, 0.25) is 6.79 Å². The molecule has 1 fully saturated rings. The van der Waals surface area contributed by atoms with E-state index in [9.17, 15) is 0 Å². The topological polar surface area (TPSA) is 43.0 Å². The van der Waals surface area contributed by atoms with Gasteiger partial charge in [-0.3, -0.25) is 4.90 Å². The van der Waals surface area contributed by atoms with Crippen LogP contribution in [0.3, 0.4) is 0 Å². The molecule has 1 aromatic carbocycles. The highest BCUT2D eigenvalue weighted by Crippen LogP contribution is 2.34. The van der Waals surface area contributed by atoms with E-state index in [1.54, 1.807) is 0 Å². The lowest BCUT2D eigenvalue weighted by molar-refractivity contribution is 0.139. The molecule has 2 aliphatic rings. The lowest BCUT2D eigenvalue weighted by Crippen LogP contribution is -2.35. The highest BCUT2D eigenvalue weighted by molar-refractivity contribution is 5.45. The van der Waals surface area contributed by atoms with Gasteiger partial charge in [0.05, 0.1) is 6.61 Å². The summed E-state index contributed by atoms with van der Waals surface area (Å²) >= 11 is 0. The van der Waals surface area contributed by atoms with Crippen LogP contribution in [0.5, 0.6) is 11.5 Å². The van der Waals surface area contributed by atoms with E-state index in [1.165, 1.54) is 5.56 Å². The molecule has 1 atom stereocenters. The number of rotatable bonds is 4. The van der Waals surface area contributed by atoms with Crippen molar-refractivity contribution in [1.82, 2.24) is 10.2 Å². The molecule has 110 valence electrons. The minimum absolute atomic E-state index is 0.294. The van der Waals surface area contributed by atoms with Gasteiger partial charge in [0.25, 0.3) is 0 Å². The van der Waals surface area contributed by atoms with Crippen molar-refractivity contribution in [3.8, 4) is 11.5 Å². The summed E-state index contributed by atoms with van der Waals surface area (Å²) in [6, 6.07) is 6.48. The lowest BCUT2D eigenvalue weighted by atomic mass is 10.1. The van der Waals surface area contributed by atoms with E-state index in [0.29, 0.717) is 12.8 Å². The third kappa shape index (κ3) is 3.06. The molecule has 2 heterocycles. The molecular weight excluding hydrogens is 256 g/mol. The summed E-state index contributed by atoms with van der Waals surface area (Å²) in [7, 11) is 2.00. The molecule has 5 nitrogen and oxygen atoms in total.